The van der Waals surface area contributed by atoms with E-state index >= 15 is 0 Å². The highest BCUT2D eigenvalue weighted by atomic mass is 15.4. The van der Waals surface area contributed by atoms with Crippen LogP contribution in [0.25, 0.3) is 0 Å². The summed E-state index contributed by atoms with van der Waals surface area (Å²) in [5.74, 6) is 1.38. The summed E-state index contributed by atoms with van der Waals surface area (Å²) in [6.45, 7) is 7.72. The Balaban J connectivity index is 2.16. The van der Waals surface area contributed by atoms with Crippen LogP contribution >= 0.6 is 0 Å². The Labute approximate surface area is 97.4 Å². The molecule has 0 amide bonds. The van der Waals surface area contributed by atoms with Gasteiger partial charge in [-0.05, 0) is 31.8 Å². The SMILES string of the molecule is CCCn1nncc1C1CCNCC1CC. The molecule has 1 aromatic heterocycles. The van der Waals surface area contributed by atoms with Crippen LogP contribution in [0.1, 0.15) is 44.7 Å². The van der Waals surface area contributed by atoms with E-state index in [4.69, 9.17) is 0 Å². The average molecular weight is 222 g/mol. The lowest BCUT2D eigenvalue weighted by atomic mass is 9.82. The molecule has 1 saturated heterocycles. The molecular weight excluding hydrogens is 200 g/mol. The first kappa shape index (κ1) is 11.6. The van der Waals surface area contributed by atoms with E-state index in [0.717, 1.165) is 32.0 Å². The number of aromatic nitrogens is 3. The van der Waals surface area contributed by atoms with Crippen LogP contribution in [0.15, 0.2) is 6.20 Å². The summed E-state index contributed by atoms with van der Waals surface area (Å²) >= 11 is 0. The Bertz CT molecular complexity index is 321. The van der Waals surface area contributed by atoms with Gasteiger partial charge in [0.1, 0.15) is 0 Å². The fourth-order valence-corrected chi connectivity index (χ4v) is 2.68. The van der Waals surface area contributed by atoms with Gasteiger partial charge < -0.3 is 5.32 Å². The second-order valence-electron chi connectivity index (χ2n) is 4.65. The highest BCUT2D eigenvalue weighted by Gasteiger charge is 2.27. The molecule has 0 bridgehead atoms. The monoisotopic (exact) mass is 222 g/mol. The second-order valence-corrected chi connectivity index (χ2v) is 4.65. The number of nitrogens with zero attached hydrogens (tertiary/aromatic N) is 3. The van der Waals surface area contributed by atoms with Gasteiger partial charge in [-0.25, -0.2) is 4.68 Å². The maximum Gasteiger partial charge on any atom is 0.0728 e. The van der Waals surface area contributed by atoms with Gasteiger partial charge in [0.05, 0.1) is 11.9 Å². The minimum atomic E-state index is 0.646. The van der Waals surface area contributed by atoms with Crippen molar-refractivity contribution in [3.8, 4) is 0 Å². The van der Waals surface area contributed by atoms with Gasteiger partial charge >= 0.3 is 0 Å². The topological polar surface area (TPSA) is 42.7 Å². The van der Waals surface area contributed by atoms with E-state index in [9.17, 15) is 0 Å². The third kappa shape index (κ3) is 2.26. The van der Waals surface area contributed by atoms with E-state index < -0.39 is 0 Å². The molecule has 1 aromatic rings. The van der Waals surface area contributed by atoms with Gasteiger partial charge in [0, 0.05) is 12.5 Å². The van der Waals surface area contributed by atoms with Gasteiger partial charge in [0.15, 0.2) is 0 Å². The summed E-state index contributed by atoms with van der Waals surface area (Å²) < 4.78 is 2.10. The van der Waals surface area contributed by atoms with Gasteiger partial charge in [-0.2, -0.15) is 0 Å². The summed E-state index contributed by atoms with van der Waals surface area (Å²) in [7, 11) is 0. The minimum Gasteiger partial charge on any atom is -0.316 e. The molecule has 4 heteroatoms. The first-order valence-electron chi connectivity index (χ1n) is 6.45. The zero-order valence-electron chi connectivity index (χ0n) is 10.3. The minimum absolute atomic E-state index is 0.646. The summed E-state index contributed by atoms with van der Waals surface area (Å²) in [6.07, 6.45) is 5.54. The number of hydrogen-bond donors (Lipinski definition) is 1. The lowest BCUT2D eigenvalue weighted by Gasteiger charge is -2.31. The predicted molar refractivity (Wildman–Crippen MR) is 64.3 cm³/mol. The Hall–Kier alpha value is -0.900. The molecule has 1 fully saturated rings. The van der Waals surface area contributed by atoms with E-state index in [1.165, 1.54) is 18.5 Å². The van der Waals surface area contributed by atoms with Gasteiger partial charge in [-0.15, -0.1) is 5.10 Å². The van der Waals surface area contributed by atoms with Crippen molar-refractivity contribution in [1.82, 2.24) is 20.3 Å². The maximum absolute atomic E-state index is 4.20. The summed E-state index contributed by atoms with van der Waals surface area (Å²) in [6, 6.07) is 0. The molecule has 2 atom stereocenters. The normalized spacial score (nSPS) is 25.9. The Morgan fingerprint density at radius 3 is 3.12 bits per heavy atom. The molecule has 2 unspecified atom stereocenters. The van der Waals surface area contributed by atoms with Crippen molar-refractivity contribution in [2.75, 3.05) is 13.1 Å². The van der Waals surface area contributed by atoms with E-state index in [1.54, 1.807) is 0 Å². The van der Waals surface area contributed by atoms with E-state index in [0.29, 0.717) is 5.92 Å². The number of rotatable bonds is 4. The predicted octanol–water partition coefficient (Wildman–Crippen LogP) is 1.79. The highest BCUT2D eigenvalue weighted by Crippen LogP contribution is 2.31. The standard InChI is InChI=1S/C12H22N4/c1-3-7-16-12(9-14-15-16)11-5-6-13-8-10(11)4-2/h9-11,13H,3-8H2,1-2H3. The lowest BCUT2D eigenvalue weighted by molar-refractivity contribution is 0.303. The van der Waals surface area contributed by atoms with Crippen LogP contribution in [-0.2, 0) is 6.54 Å². The number of aryl methyl sites for hydroxylation is 1. The van der Waals surface area contributed by atoms with Crippen molar-refractivity contribution < 1.29 is 0 Å². The first-order chi connectivity index (χ1) is 7.86. The number of hydrogen-bond acceptors (Lipinski definition) is 3. The van der Waals surface area contributed by atoms with Crippen LogP contribution in [0, 0.1) is 5.92 Å². The average Bonchev–Trinajstić information content (AvgIpc) is 2.77. The van der Waals surface area contributed by atoms with E-state index in [-0.39, 0.29) is 0 Å². The zero-order valence-corrected chi connectivity index (χ0v) is 10.3. The maximum atomic E-state index is 4.20. The molecular formula is C12H22N4. The molecule has 2 rings (SSSR count). The van der Waals surface area contributed by atoms with Gasteiger partial charge in [0.25, 0.3) is 0 Å². The molecule has 0 aromatic carbocycles. The molecule has 4 nitrogen and oxygen atoms in total. The lowest BCUT2D eigenvalue weighted by Crippen LogP contribution is -2.36. The van der Waals surface area contributed by atoms with Crippen molar-refractivity contribution in [1.29, 1.82) is 0 Å². The molecule has 0 spiro atoms. The van der Waals surface area contributed by atoms with Gasteiger partial charge in [0.2, 0.25) is 0 Å². The molecule has 16 heavy (non-hydrogen) atoms. The fraction of sp³-hybridized carbons (Fsp3) is 0.833. The molecule has 2 heterocycles. The smallest absolute Gasteiger partial charge is 0.0728 e. The Morgan fingerprint density at radius 2 is 2.38 bits per heavy atom. The third-order valence-electron chi connectivity index (χ3n) is 3.60. The van der Waals surface area contributed by atoms with Crippen LogP contribution in [0.2, 0.25) is 0 Å². The molecule has 90 valence electrons. The Morgan fingerprint density at radius 1 is 1.50 bits per heavy atom. The van der Waals surface area contributed by atoms with Crippen molar-refractivity contribution in [2.24, 2.45) is 5.92 Å². The van der Waals surface area contributed by atoms with E-state index in [1.807, 2.05) is 6.20 Å². The van der Waals surface area contributed by atoms with Crippen molar-refractivity contribution in [2.45, 2.75) is 45.6 Å². The third-order valence-corrected chi connectivity index (χ3v) is 3.60. The second kappa shape index (κ2) is 5.43. The highest BCUT2D eigenvalue weighted by molar-refractivity contribution is 5.07. The summed E-state index contributed by atoms with van der Waals surface area (Å²) in [5, 5.41) is 11.8. The van der Waals surface area contributed by atoms with Crippen LogP contribution in [0.4, 0.5) is 0 Å². The summed E-state index contributed by atoms with van der Waals surface area (Å²) in [4.78, 5) is 0. The number of piperidine rings is 1. The van der Waals surface area contributed by atoms with Crippen LogP contribution < -0.4 is 5.32 Å². The van der Waals surface area contributed by atoms with Crippen molar-refractivity contribution in [3.63, 3.8) is 0 Å². The van der Waals surface area contributed by atoms with Crippen molar-refractivity contribution in [3.05, 3.63) is 11.9 Å². The molecule has 1 N–H and O–H groups in total. The molecule has 0 radical (unpaired) electrons. The quantitative estimate of drug-likeness (QED) is 0.844. The molecule has 0 saturated carbocycles. The summed E-state index contributed by atoms with van der Waals surface area (Å²) in [5.41, 5.74) is 1.34. The first-order valence-corrected chi connectivity index (χ1v) is 6.45. The largest absolute Gasteiger partial charge is 0.316 e. The molecule has 1 aliphatic rings. The molecule has 1 aliphatic heterocycles. The molecule has 0 aliphatic carbocycles. The van der Waals surface area contributed by atoms with E-state index in [2.05, 4.69) is 34.2 Å². The van der Waals surface area contributed by atoms with Crippen LogP contribution in [-0.4, -0.2) is 28.1 Å². The van der Waals surface area contributed by atoms with Crippen LogP contribution in [0.5, 0.6) is 0 Å². The van der Waals surface area contributed by atoms with Crippen LogP contribution in [0.3, 0.4) is 0 Å². The number of nitrogens with one attached hydrogen (secondary N) is 1. The zero-order chi connectivity index (χ0) is 11.4. The van der Waals surface area contributed by atoms with Crippen molar-refractivity contribution >= 4 is 0 Å². The fourth-order valence-electron chi connectivity index (χ4n) is 2.68. The van der Waals surface area contributed by atoms with Gasteiger partial charge in [-0.3, -0.25) is 0 Å². The Kier molecular flexibility index (Phi) is 3.93. The van der Waals surface area contributed by atoms with Gasteiger partial charge in [-0.1, -0.05) is 25.5 Å².